The molecule has 2 aromatic carbocycles. The fourth-order valence-electron chi connectivity index (χ4n) is 4.56. The van der Waals surface area contributed by atoms with Gasteiger partial charge in [-0.25, -0.2) is 8.78 Å². The number of hydrogen-bond donors (Lipinski definition) is 1. The number of ketones is 1. The summed E-state index contributed by atoms with van der Waals surface area (Å²) in [6.45, 7) is -0.327. The number of ether oxygens (including phenoxy) is 2. The molecule has 2 aromatic rings. The van der Waals surface area contributed by atoms with Crippen LogP contribution in [0.4, 0.5) is 8.78 Å². The standard InChI is InChI=1S/C22H20ClF2NO4/c23-18-5-4-17(7-19(18)25)30-10-20(28)26-22-11-21(12-22,13-22)8-15(27)9-29-16-3-1-2-14(24)6-16/h1-7H,8-13H2,(H,26,28). The van der Waals surface area contributed by atoms with Gasteiger partial charge in [-0.1, -0.05) is 17.7 Å². The number of rotatable bonds is 9. The zero-order chi connectivity index (χ0) is 21.4. The molecule has 5 rings (SSSR count). The number of carbonyl (C=O) groups excluding carboxylic acids is 2. The van der Waals surface area contributed by atoms with E-state index in [2.05, 4.69) is 5.32 Å². The molecule has 2 bridgehead atoms. The molecule has 30 heavy (non-hydrogen) atoms. The molecule has 3 aliphatic carbocycles. The van der Waals surface area contributed by atoms with Crippen LogP contribution in [0.25, 0.3) is 0 Å². The van der Waals surface area contributed by atoms with Crippen molar-refractivity contribution in [1.82, 2.24) is 5.32 Å². The Morgan fingerprint density at radius 2 is 1.70 bits per heavy atom. The highest BCUT2D eigenvalue weighted by Gasteiger charge is 2.68. The Morgan fingerprint density at radius 3 is 2.40 bits per heavy atom. The highest BCUT2D eigenvalue weighted by Crippen LogP contribution is 2.68. The monoisotopic (exact) mass is 435 g/mol. The van der Waals surface area contributed by atoms with Gasteiger partial charge in [0.15, 0.2) is 12.4 Å². The number of Topliss-reactive ketones (excluding diaryl/α,β-unsaturated/α-hetero) is 1. The van der Waals surface area contributed by atoms with Crippen molar-refractivity contribution in [2.24, 2.45) is 5.41 Å². The first-order chi connectivity index (χ1) is 14.3. The van der Waals surface area contributed by atoms with Crippen LogP contribution in [0.15, 0.2) is 42.5 Å². The lowest BCUT2D eigenvalue weighted by atomic mass is 9.38. The van der Waals surface area contributed by atoms with Crippen LogP contribution in [0.3, 0.4) is 0 Å². The average molecular weight is 436 g/mol. The molecule has 1 N–H and O–H groups in total. The third-order valence-electron chi connectivity index (χ3n) is 5.57. The van der Waals surface area contributed by atoms with Crippen LogP contribution in [0.5, 0.6) is 11.5 Å². The predicted octanol–water partition coefficient (Wildman–Crippen LogP) is 4.07. The quantitative estimate of drug-likeness (QED) is 0.644. The van der Waals surface area contributed by atoms with Crippen molar-refractivity contribution in [1.29, 1.82) is 0 Å². The second-order valence-corrected chi connectivity index (χ2v) is 8.59. The van der Waals surface area contributed by atoms with E-state index >= 15 is 0 Å². The average Bonchev–Trinajstić information content (AvgIpc) is 2.65. The zero-order valence-corrected chi connectivity index (χ0v) is 16.8. The van der Waals surface area contributed by atoms with Crippen LogP contribution in [-0.4, -0.2) is 30.4 Å². The maximum atomic E-state index is 13.4. The van der Waals surface area contributed by atoms with Crippen molar-refractivity contribution in [3.8, 4) is 11.5 Å². The Kier molecular flexibility index (Phi) is 5.40. The number of amides is 1. The fourth-order valence-corrected chi connectivity index (χ4v) is 4.67. The van der Waals surface area contributed by atoms with Gasteiger partial charge in [0.25, 0.3) is 5.91 Å². The molecule has 158 valence electrons. The SMILES string of the molecule is O=C(COc1cccc(F)c1)CC12CC(NC(=O)COc3ccc(Cl)c(F)c3)(C1)C2. The molecule has 1 amide bonds. The topological polar surface area (TPSA) is 64.6 Å². The van der Waals surface area contributed by atoms with Crippen LogP contribution in [0.1, 0.15) is 25.7 Å². The maximum Gasteiger partial charge on any atom is 0.258 e. The normalized spacial score (nSPS) is 23.7. The lowest BCUT2D eigenvalue weighted by Gasteiger charge is -2.70. The smallest absolute Gasteiger partial charge is 0.258 e. The molecular formula is C22H20ClF2NO4. The molecule has 3 aliphatic rings. The summed E-state index contributed by atoms with van der Waals surface area (Å²) in [5, 5.41) is 2.94. The van der Waals surface area contributed by atoms with Crippen LogP contribution in [0, 0.1) is 17.0 Å². The van der Waals surface area contributed by atoms with Crippen molar-refractivity contribution < 1.29 is 27.8 Å². The Bertz CT molecular complexity index is 977. The first-order valence-electron chi connectivity index (χ1n) is 9.56. The zero-order valence-electron chi connectivity index (χ0n) is 16.1. The summed E-state index contributed by atoms with van der Waals surface area (Å²) < 4.78 is 37.2. The first kappa shape index (κ1) is 20.6. The minimum Gasteiger partial charge on any atom is -0.486 e. The molecule has 5 nitrogen and oxygen atoms in total. The Labute approximate surface area is 177 Å². The van der Waals surface area contributed by atoms with Crippen LogP contribution < -0.4 is 14.8 Å². The lowest BCUT2D eigenvalue weighted by Crippen LogP contribution is -2.75. The van der Waals surface area contributed by atoms with E-state index in [1.54, 1.807) is 6.07 Å². The highest BCUT2D eigenvalue weighted by molar-refractivity contribution is 6.30. The van der Waals surface area contributed by atoms with E-state index in [0.29, 0.717) is 12.2 Å². The predicted molar refractivity (Wildman–Crippen MR) is 106 cm³/mol. The summed E-state index contributed by atoms with van der Waals surface area (Å²) >= 11 is 5.61. The summed E-state index contributed by atoms with van der Waals surface area (Å²) in [7, 11) is 0. The molecule has 0 atom stereocenters. The van der Waals surface area contributed by atoms with E-state index in [-0.39, 0.29) is 46.6 Å². The van der Waals surface area contributed by atoms with Gasteiger partial charge in [0.1, 0.15) is 29.7 Å². The summed E-state index contributed by atoms with van der Waals surface area (Å²) in [6.07, 6.45) is 2.56. The summed E-state index contributed by atoms with van der Waals surface area (Å²) in [4.78, 5) is 24.3. The van der Waals surface area contributed by atoms with E-state index in [1.807, 2.05) is 0 Å². The molecular weight excluding hydrogens is 416 g/mol. The van der Waals surface area contributed by atoms with Crippen molar-refractivity contribution in [2.75, 3.05) is 13.2 Å². The molecule has 3 saturated carbocycles. The second kappa shape index (κ2) is 7.87. The molecule has 8 heteroatoms. The minimum absolute atomic E-state index is 0.0122. The second-order valence-electron chi connectivity index (χ2n) is 8.18. The number of halogens is 3. The Morgan fingerprint density at radius 1 is 1.00 bits per heavy atom. The maximum absolute atomic E-state index is 13.4. The van der Waals surface area contributed by atoms with Crippen LogP contribution in [0.2, 0.25) is 5.02 Å². The van der Waals surface area contributed by atoms with Crippen molar-refractivity contribution >= 4 is 23.3 Å². The highest BCUT2D eigenvalue weighted by atomic mass is 35.5. The van der Waals surface area contributed by atoms with E-state index < -0.39 is 11.6 Å². The number of carbonyl (C=O) groups is 2. The van der Waals surface area contributed by atoms with Gasteiger partial charge in [0, 0.05) is 24.1 Å². The van der Waals surface area contributed by atoms with Gasteiger partial charge < -0.3 is 14.8 Å². The summed E-state index contributed by atoms with van der Waals surface area (Å²) in [5.74, 6) is -0.814. The van der Waals surface area contributed by atoms with Crippen LogP contribution >= 0.6 is 11.6 Å². The lowest BCUT2D eigenvalue weighted by molar-refractivity contribution is -0.173. The Hall–Kier alpha value is -2.67. The molecule has 0 radical (unpaired) electrons. The Balaban J connectivity index is 1.17. The largest absolute Gasteiger partial charge is 0.486 e. The van der Waals surface area contributed by atoms with Gasteiger partial charge in [-0.05, 0) is 48.9 Å². The molecule has 3 fully saturated rings. The molecule has 0 heterocycles. The fraction of sp³-hybridized carbons (Fsp3) is 0.364. The molecule has 0 aliphatic heterocycles. The van der Waals surface area contributed by atoms with E-state index in [0.717, 1.165) is 25.3 Å². The molecule has 0 saturated heterocycles. The van der Waals surface area contributed by atoms with Gasteiger partial charge in [-0.15, -0.1) is 0 Å². The van der Waals surface area contributed by atoms with Gasteiger partial charge in [-0.3, -0.25) is 9.59 Å². The first-order valence-corrected chi connectivity index (χ1v) is 9.93. The number of hydrogen-bond acceptors (Lipinski definition) is 4. The van der Waals surface area contributed by atoms with Gasteiger partial charge >= 0.3 is 0 Å². The summed E-state index contributed by atoms with van der Waals surface area (Å²) in [6, 6.07) is 9.65. The molecule has 0 unspecified atom stereocenters. The van der Waals surface area contributed by atoms with Gasteiger partial charge in [0.05, 0.1) is 5.02 Å². The number of benzene rings is 2. The van der Waals surface area contributed by atoms with Crippen LogP contribution in [-0.2, 0) is 9.59 Å². The minimum atomic E-state index is -0.609. The van der Waals surface area contributed by atoms with E-state index in [9.17, 15) is 18.4 Å². The molecule has 0 aromatic heterocycles. The third kappa shape index (κ3) is 4.41. The summed E-state index contributed by atoms with van der Waals surface area (Å²) in [5.41, 5.74) is -0.370. The van der Waals surface area contributed by atoms with Crippen molar-refractivity contribution in [2.45, 2.75) is 31.2 Å². The third-order valence-corrected chi connectivity index (χ3v) is 5.88. The number of nitrogens with one attached hydrogen (secondary N) is 1. The molecule has 0 spiro atoms. The van der Waals surface area contributed by atoms with Crippen molar-refractivity contribution in [3.63, 3.8) is 0 Å². The van der Waals surface area contributed by atoms with Gasteiger partial charge in [0.2, 0.25) is 0 Å². The van der Waals surface area contributed by atoms with Gasteiger partial charge in [-0.2, -0.15) is 0 Å². The van der Waals surface area contributed by atoms with E-state index in [1.165, 1.54) is 30.3 Å². The van der Waals surface area contributed by atoms with E-state index in [4.69, 9.17) is 21.1 Å². The van der Waals surface area contributed by atoms with Crippen molar-refractivity contribution in [3.05, 3.63) is 59.1 Å².